The van der Waals surface area contributed by atoms with Crippen LogP contribution in [0.4, 0.5) is 0 Å². The van der Waals surface area contributed by atoms with E-state index in [1.807, 2.05) is 22.9 Å². The highest BCUT2D eigenvalue weighted by Crippen LogP contribution is 2.39. The third kappa shape index (κ3) is 7.60. The first kappa shape index (κ1) is 28.7. The molecule has 10 nitrogen and oxygen atoms in total. The summed E-state index contributed by atoms with van der Waals surface area (Å²) < 4.78 is 18.3. The molecule has 0 saturated carbocycles. The number of amides is 2. The van der Waals surface area contributed by atoms with Crippen molar-refractivity contribution >= 4 is 11.8 Å². The van der Waals surface area contributed by atoms with Crippen LogP contribution in [0, 0.1) is 11.8 Å². The third-order valence-corrected chi connectivity index (χ3v) is 6.32. The molecular weight excluding hydrogens is 486 g/mol. The fourth-order valence-electron chi connectivity index (χ4n) is 4.23. The maximum absolute atomic E-state index is 13.4. The minimum absolute atomic E-state index is 0.130. The van der Waals surface area contributed by atoms with E-state index in [0.29, 0.717) is 36.3 Å². The van der Waals surface area contributed by atoms with E-state index in [1.54, 1.807) is 20.3 Å². The molecule has 10 heteroatoms. The van der Waals surface area contributed by atoms with Crippen LogP contribution < -0.4 is 20.1 Å². The van der Waals surface area contributed by atoms with Crippen molar-refractivity contribution in [3.8, 4) is 22.8 Å². The average molecular weight is 526 g/mol. The predicted octanol–water partition coefficient (Wildman–Crippen LogP) is 4.45. The van der Waals surface area contributed by atoms with Crippen molar-refractivity contribution in [3.63, 3.8) is 0 Å². The van der Waals surface area contributed by atoms with E-state index in [2.05, 4.69) is 48.4 Å². The monoisotopic (exact) mass is 525 g/mol. The SMILES string of the molecule is CCC(C)Cn1nc(C(=O)N[C@H](CC(=O)NCc2ncco2)CC(C)C)cc1-c1c(OC)cccc1OC. The number of ether oxygens (including phenoxy) is 2. The summed E-state index contributed by atoms with van der Waals surface area (Å²) in [5.41, 5.74) is 1.73. The highest BCUT2D eigenvalue weighted by atomic mass is 16.5. The Hall–Kier alpha value is -3.82. The topological polar surface area (TPSA) is 121 Å². The summed E-state index contributed by atoms with van der Waals surface area (Å²) in [5.74, 6) is 1.76. The number of hydrogen-bond acceptors (Lipinski definition) is 7. The molecule has 3 rings (SSSR count). The lowest BCUT2D eigenvalue weighted by Gasteiger charge is -2.19. The van der Waals surface area contributed by atoms with Crippen LogP contribution in [0.5, 0.6) is 11.5 Å². The van der Waals surface area contributed by atoms with Crippen molar-refractivity contribution in [1.82, 2.24) is 25.4 Å². The van der Waals surface area contributed by atoms with Gasteiger partial charge < -0.3 is 24.5 Å². The molecule has 2 N–H and O–H groups in total. The maximum atomic E-state index is 13.4. The molecule has 0 aliphatic rings. The second-order valence-corrected chi connectivity index (χ2v) is 9.85. The molecule has 0 fully saturated rings. The molecule has 2 heterocycles. The summed E-state index contributed by atoms with van der Waals surface area (Å²) in [7, 11) is 3.20. The number of nitrogens with one attached hydrogen (secondary N) is 2. The van der Waals surface area contributed by atoms with Crippen LogP contribution >= 0.6 is 0 Å². The molecule has 206 valence electrons. The number of aromatic nitrogens is 3. The molecule has 38 heavy (non-hydrogen) atoms. The minimum atomic E-state index is -0.365. The van der Waals surface area contributed by atoms with Gasteiger partial charge in [-0.1, -0.05) is 40.2 Å². The van der Waals surface area contributed by atoms with Crippen molar-refractivity contribution in [2.24, 2.45) is 11.8 Å². The van der Waals surface area contributed by atoms with E-state index in [9.17, 15) is 9.59 Å². The molecule has 0 bridgehead atoms. The zero-order valence-corrected chi connectivity index (χ0v) is 23.1. The van der Waals surface area contributed by atoms with Crippen LogP contribution in [0.3, 0.4) is 0 Å². The Labute approximate surface area is 224 Å². The number of methoxy groups -OCH3 is 2. The Balaban J connectivity index is 1.85. The second-order valence-electron chi connectivity index (χ2n) is 9.85. The first-order valence-corrected chi connectivity index (χ1v) is 13.0. The zero-order valence-electron chi connectivity index (χ0n) is 23.1. The number of oxazole rings is 1. The lowest BCUT2D eigenvalue weighted by Crippen LogP contribution is -2.40. The second kappa shape index (κ2) is 13.6. The summed E-state index contributed by atoms with van der Waals surface area (Å²) in [5, 5.41) is 10.5. The van der Waals surface area contributed by atoms with Gasteiger partial charge in [0.15, 0.2) is 5.69 Å². The van der Waals surface area contributed by atoms with Crippen molar-refractivity contribution in [2.45, 2.75) is 66.1 Å². The minimum Gasteiger partial charge on any atom is -0.496 e. The number of rotatable bonds is 14. The normalized spacial score (nSPS) is 12.7. The molecule has 0 aliphatic heterocycles. The molecule has 2 aromatic heterocycles. The Morgan fingerprint density at radius 1 is 1.13 bits per heavy atom. The fraction of sp³-hybridized carbons (Fsp3) is 0.500. The number of carbonyl (C=O) groups is 2. The molecule has 1 unspecified atom stereocenters. The van der Waals surface area contributed by atoms with Gasteiger partial charge in [-0.05, 0) is 36.5 Å². The molecule has 1 aromatic carbocycles. The average Bonchev–Trinajstić information content (AvgIpc) is 3.56. The number of carbonyl (C=O) groups excluding carboxylic acids is 2. The van der Waals surface area contributed by atoms with Gasteiger partial charge in [-0.15, -0.1) is 0 Å². The first-order valence-electron chi connectivity index (χ1n) is 13.0. The molecule has 0 spiro atoms. The van der Waals surface area contributed by atoms with Crippen LogP contribution in [0.1, 0.15) is 63.3 Å². The van der Waals surface area contributed by atoms with Gasteiger partial charge in [-0.2, -0.15) is 5.10 Å². The summed E-state index contributed by atoms with van der Waals surface area (Å²) in [6.07, 6.45) is 4.71. The van der Waals surface area contributed by atoms with Crippen LogP contribution in [0.15, 0.2) is 41.1 Å². The lowest BCUT2D eigenvalue weighted by molar-refractivity contribution is -0.121. The molecule has 2 atom stereocenters. The van der Waals surface area contributed by atoms with Crippen LogP contribution in [-0.2, 0) is 17.9 Å². The Morgan fingerprint density at radius 2 is 1.84 bits per heavy atom. The Morgan fingerprint density at radius 3 is 2.42 bits per heavy atom. The summed E-state index contributed by atoms with van der Waals surface area (Å²) in [6, 6.07) is 6.96. The Bertz CT molecular complexity index is 1170. The zero-order chi connectivity index (χ0) is 27.7. The maximum Gasteiger partial charge on any atom is 0.272 e. The molecule has 2 amide bonds. The number of nitrogens with zero attached hydrogens (tertiary/aromatic N) is 3. The van der Waals surface area contributed by atoms with Crippen molar-refractivity contribution in [3.05, 3.63) is 48.3 Å². The summed E-state index contributed by atoms with van der Waals surface area (Å²) in [4.78, 5) is 30.0. The lowest BCUT2D eigenvalue weighted by atomic mass is 10.0. The Kier molecular flexibility index (Phi) is 10.3. The van der Waals surface area contributed by atoms with Gasteiger partial charge >= 0.3 is 0 Å². The fourth-order valence-corrected chi connectivity index (χ4v) is 4.23. The number of hydrogen-bond donors (Lipinski definition) is 2. The van der Waals surface area contributed by atoms with Crippen LogP contribution in [0.25, 0.3) is 11.3 Å². The largest absolute Gasteiger partial charge is 0.496 e. The van der Waals surface area contributed by atoms with E-state index >= 15 is 0 Å². The highest BCUT2D eigenvalue weighted by Gasteiger charge is 2.25. The van der Waals surface area contributed by atoms with Gasteiger partial charge in [0.25, 0.3) is 5.91 Å². The van der Waals surface area contributed by atoms with Crippen molar-refractivity contribution in [1.29, 1.82) is 0 Å². The molecule has 0 aliphatic carbocycles. The quantitative estimate of drug-likeness (QED) is 0.319. The number of benzene rings is 1. The predicted molar refractivity (Wildman–Crippen MR) is 144 cm³/mol. The van der Waals surface area contributed by atoms with Crippen molar-refractivity contribution < 1.29 is 23.5 Å². The molecule has 0 saturated heterocycles. The smallest absolute Gasteiger partial charge is 0.272 e. The van der Waals surface area contributed by atoms with Gasteiger partial charge in [-0.3, -0.25) is 14.3 Å². The summed E-state index contributed by atoms with van der Waals surface area (Å²) in [6.45, 7) is 9.18. The first-order chi connectivity index (χ1) is 18.2. The van der Waals surface area contributed by atoms with Crippen molar-refractivity contribution in [2.75, 3.05) is 14.2 Å². The third-order valence-electron chi connectivity index (χ3n) is 6.32. The van der Waals surface area contributed by atoms with Gasteiger partial charge in [-0.25, -0.2) is 4.98 Å². The van der Waals surface area contributed by atoms with Crippen LogP contribution in [0.2, 0.25) is 0 Å². The summed E-state index contributed by atoms with van der Waals surface area (Å²) >= 11 is 0. The molecule has 3 aromatic rings. The van der Waals surface area contributed by atoms with Gasteiger partial charge in [0.1, 0.15) is 17.8 Å². The van der Waals surface area contributed by atoms with E-state index in [0.717, 1.165) is 17.7 Å². The van der Waals surface area contributed by atoms with Gasteiger partial charge in [0.2, 0.25) is 11.8 Å². The van der Waals surface area contributed by atoms with E-state index in [-0.39, 0.29) is 42.4 Å². The van der Waals surface area contributed by atoms with Gasteiger partial charge in [0, 0.05) is 19.0 Å². The van der Waals surface area contributed by atoms with E-state index < -0.39 is 0 Å². The van der Waals surface area contributed by atoms with E-state index in [1.165, 1.54) is 12.5 Å². The van der Waals surface area contributed by atoms with Gasteiger partial charge in [0.05, 0.1) is 38.2 Å². The standard InChI is InChI=1S/C28H39N5O5/c1-7-19(4)17-33-22(27-23(36-5)9-8-10-24(27)37-6)15-21(32-33)28(35)31-20(13-18(2)3)14-25(34)30-16-26-29-11-12-38-26/h8-12,15,18-20H,7,13-14,16-17H2,1-6H3,(H,30,34)(H,31,35)/t19?,20-/m0/s1. The van der Waals surface area contributed by atoms with Crippen LogP contribution in [-0.4, -0.2) is 46.8 Å². The molecular formula is C28H39N5O5. The van der Waals surface area contributed by atoms with E-state index in [4.69, 9.17) is 13.9 Å². The highest BCUT2D eigenvalue weighted by molar-refractivity contribution is 5.94. The molecule has 0 radical (unpaired) electrons.